The lowest BCUT2D eigenvalue weighted by Gasteiger charge is -2.13. The molecular weight excluding hydrogens is 370 g/mol. The highest BCUT2D eigenvalue weighted by Crippen LogP contribution is 2.15. The fraction of sp³-hybridized carbons (Fsp3) is 0.364. The van der Waals surface area contributed by atoms with E-state index in [9.17, 15) is 14.4 Å². The van der Waals surface area contributed by atoms with E-state index >= 15 is 0 Å². The summed E-state index contributed by atoms with van der Waals surface area (Å²) in [4.78, 5) is 38.3. The number of carbonyl (C=O) groups is 2. The minimum Gasteiger partial charge on any atom is -0.456 e. The van der Waals surface area contributed by atoms with Gasteiger partial charge in [0.2, 0.25) is 0 Å². The zero-order valence-electron chi connectivity index (χ0n) is 16.9. The molecule has 0 fully saturated rings. The Kier molecular flexibility index (Phi) is 7.72. The third-order valence-corrected chi connectivity index (χ3v) is 4.84. The van der Waals surface area contributed by atoms with E-state index in [1.807, 2.05) is 43.3 Å². The summed E-state index contributed by atoms with van der Waals surface area (Å²) in [6.45, 7) is 5.52. The molecule has 2 N–H and O–H groups in total. The molecule has 1 atom stereocenters. The quantitative estimate of drug-likeness (QED) is 0.666. The number of amides is 1. The van der Waals surface area contributed by atoms with Gasteiger partial charge in [-0.3, -0.25) is 14.4 Å². The molecule has 0 bridgehead atoms. The number of benzene rings is 1. The summed E-state index contributed by atoms with van der Waals surface area (Å²) in [6.07, 6.45) is 0.362. The van der Waals surface area contributed by atoms with Crippen LogP contribution in [0, 0.1) is 25.2 Å². The van der Waals surface area contributed by atoms with Crippen LogP contribution >= 0.6 is 0 Å². The molecule has 0 aliphatic carbocycles. The van der Waals surface area contributed by atoms with Crippen LogP contribution in [0.4, 0.5) is 0 Å². The van der Waals surface area contributed by atoms with Crippen molar-refractivity contribution in [3.05, 3.63) is 68.6 Å². The minimum absolute atomic E-state index is 0.0471. The summed E-state index contributed by atoms with van der Waals surface area (Å²) < 4.78 is 5.04. The number of esters is 1. The van der Waals surface area contributed by atoms with Crippen molar-refractivity contribution in [2.24, 2.45) is 0 Å². The lowest BCUT2D eigenvalue weighted by molar-refractivity contribution is -0.148. The largest absolute Gasteiger partial charge is 0.456 e. The predicted molar refractivity (Wildman–Crippen MR) is 108 cm³/mol. The van der Waals surface area contributed by atoms with Crippen molar-refractivity contribution in [2.75, 3.05) is 13.2 Å². The Balaban J connectivity index is 1.80. The third kappa shape index (κ3) is 6.04. The maximum Gasteiger partial charge on any atom is 0.306 e. The van der Waals surface area contributed by atoms with Crippen LogP contribution in [0.5, 0.6) is 0 Å². The molecule has 1 aromatic heterocycles. The number of carbonyl (C=O) groups excluding carboxylic acids is 2. The van der Waals surface area contributed by atoms with Gasteiger partial charge in [0.15, 0.2) is 6.61 Å². The van der Waals surface area contributed by atoms with E-state index in [2.05, 4.69) is 10.3 Å². The molecule has 1 aromatic carbocycles. The van der Waals surface area contributed by atoms with Crippen molar-refractivity contribution in [3.63, 3.8) is 0 Å². The fourth-order valence-electron chi connectivity index (χ4n) is 3.08. The first kappa shape index (κ1) is 21.9. The lowest BCUT2D eigenvalue weighted by Crippen LogP contribution is -2.31. The average molecular weight is 395 g/mol. The number of ether oxygens (including phenoxy) is 1. The van der Waals surface area contributed by atoms with Gasteiger partial charge in [-0.05, 0) is 42.9 Å². The van der Waals surface area contributed by atoms with Crippen LogP contribution < -0.4 is 10.9 Å². The van der Waals surface area contributed by atoms with E-state index in [0.29, 0.717) is 24.2 Å². The molecule has 2 rings (SSSR count). The van der Waals surface area contributed by atoms with E-state index in [-0.39, 0.29) is 30.4 Å². The Morgan fingerprint density at radius 2 is 1.93 bits per heavy atom. The molecule has 0 saturated carbocycles. The summed E-state index contributed by atoms with van der Waals surface area (Å²) in [6, 6.07) is 11.7. The Bertz CT molecular complexity index is 974. The third-order valence-electron chi connectivity index (χ3n) is 4.84. The van der Waals surface area contributed by atoms with E-state index in [1.54, 1.807) is 13.8 Å². The molecule has 0 aliphatic heterocycles. The average Bonchev–Trinajstić information content (AvgIpc) is 2.71. The monoisotopic (exact) mass is 395 g/mol. The van der Waals surface area contributed by atoms with Gasteiger partial charge in [0, 0.05) is 18.7 Å². The number of aryl methyl sites for hydroxylation is 1. The van der Waals surface area contributed by atoms with Crippen LogP contribution in [0.15, 0.2) is 35.1 Å². The Morgan fingerprint density at radius 3 is 2.59 bits per heavy atom. The van der Waals surface area contributed by atoms with Crippen molar-refractivity contribution in [2.45, 2.75) is 39.5 Å². The van der Waals surface area contributed by atoms with Crippen molar-refractivity contribution < 1.29 is 14.3 Å². The number of nitrogens with one attached hydrogen (secondary N) is 2. The summed E-state index contributed by atoms with van der Waals surface area (Å²) in [5.41, 5.74) is 2.65. The summed E-state index contributed by atoms with van der Waals surface area (Å²) in [7, 11) is 0. The molecule has 152 valence electrons. The smallest absolute Gasteiger partial charge is 0.306 e. The molecule has 0 saturated heterocycles. The van der Waals surface area contributed by atoms with Crippen LogP contribution in [0.1, 0.15) is 47.2 Å². The van der Waals surface area contributed by atoms with Crippen LogP contribution in [0.3, 0.4) is 0 Å². The van der Waals surface area contributed by atoms with Crippen molar-refractivity contribution in [3.8, 4) is 6.07 Å². The normalized spacial score (nSPS) is 11.4. The van der Waals surface area contributed by atoms with Gasteiger partial charge < -0.3 is 15.0 Å². The van der Waals surface area contributed by atoms with Gasteiger partial charge in [-0.1, -0.05) is 37.3 Å². The first-order chi connectivity index (χ1) is 13.8. The van der Waals surface area contributed by atoms with E-state index in [0.717, 1.165) is 11.1 Å². The Hall–Kier alpha value is -3.40. The molecule has 1 heterocycles. The maximum absolute atomic E-state index is 12.0. The summed E-state index contributed by atoms with van der Waals surface area (Å²) in [5, 5.41) is 11.9. The fourth-order valence-corrected chi connectivity index (χ4v) is 3.08. The summed E-state index contributed by atoms with van der Waals surface area (Å²) >= 11 is 0. The van der Waals surface area contributed by atoms with Crippen molar-refractivity contribution >= 4 is 11.9 Å². The number of pyridine rings is 1. The number of hydrogen-bond acceptors (Lipinski definition) is 5. The number of aromatic nitrogens is 1. The second kappa shape index (κ2) is 10.2. The van der Waals surface area contributed by atoms with Crippen molar-refractivity contribution in [1.29, 1.82) is 5.26 Å². The molecular formula is C22H25N3O4. The van der Waals surface area contributed by atoms with Gasteiger partial charge in [0.05, 0.1) is 0 Å². The first-order valence-corrected chi connectivity index (χ1v) is 9.43. The molecule has 2 aromatic rings. The molecule has 0 spiro atoms. The van der Waals surface area contributed by atoms with Crippen LogP contribution in [0.25, 0.3) is 0 Å². The molecule has 7 heteroatoms. The first-order valence-electron chi connectivity index (χ1n) is 9.43. The Morgan fingerprint density at radius 1 is 1.24 bits per heavy atom. The van der Waals surface area contributed by atoms with Gasteiger partial charge >= 0.3 is 5.97 Å². The molecule has 29 heavy (non-hydrogen) atoms. The van der Waals surface area contributed by atoms with Gasteiger partial charge in [0.1, 0.15) is 11.6 Å². The number of nitriles is 1. The van der Waals surface area contributed by atoms with Crippen LogP contribution in [0.2, 0.25) is 0 Å². The highest BCUT2D eigenvalue weighted by molar-refractivity contribution is 5.80. The van der Waals surface area contributed by atoms with Crippen molar-refractivity contribution in [1.82, 2.24) is 10.3 Å². The Labute approximate surface area is 169 Å². The zero-order valence-corrected chi connectivity index (χ0v) is 16.9. The molecule has 1 amide bonds. The highest BCUT2D eigenvalue weighted by atomic mass is 16.5. The number of aromatic amines is 1. The summed E-state index contributed by atoms with van der Waals surface area (Å²) in [5.74, 6) is -0.722. The molecule has 0 aliphatic rings. The van der Waals surface area contributed by atoms with Gasteiger partial charge in [-0.25, -0.2) is 0 Å². The van der Waals surface area contributed by atoms with Crippen LogP contribution in [-0.2, 0) is 20.7 Å². The van der Waals surface area contributed by atoms with E-state index in [4.69, 9.17) is 10.00 Å². The SMILES string of the molecule is Cc1[nH]c(=O)c(C#N)c(C)c1CCC(=O)OCC(=O)NC[C@H](C)c1ccccc1. The molecule has 7 nitrogen and oxygen atoms in total. The second-order valence-electron chi connectivity index (χ2n) is 6.95. The lowest BCUT2D eigenvalue weighted by atomic mass is 9.99. The van der Waals surface area contributed by atoms with E-state index in [1.165, 1.54) is 0 Å². The standard InChI is InChI=1S/C22H25N3O4/c1-14(17-7-5-4-6-8-17)12-24-20(26)13-29-21(27)10-9-18-15(2)19(11-23)22(28)25-16(18)3/h4-8,14H,9-10,12-13H2,1-3H3,(H,24,26)(H,25,28)/t14-/m0/s1. The number of rotatable bonds is 8. The zero-order chi connectivity index (χ0) is 21.4. The predicted octanol–water partition coefficient (Wildman–Crippen LogP) is 2.26. The topological polar surface area (TPSA) is 112 Å². The van der Waals surface area contributed by atoms with Gasteiger partial charge in [-0.15, -0.1) is 0 Å². The number of hydrogen-bond donors (Lipinski definition) is 2. The van der Waals surface area contributed by atoms with E-state index < -0.39 is 11.5 Å². The molecule has 0 radical (unpaired) electrons. The minimum atomic E-state index is -0.514. The number of nitrogens with zero attached hydrogens (tertiary/aromatic N) is 1. The van der Waals surface area contributed by atoms with Gasteiger partial charge in [0.25, 0.3) is 11.5 Å². The maximum atomic E-state index is 12.0. The van der Waals surface area contributed by atoms with Crippen LogP contribution in [-0.4, -0.2) is 30.0 Å². The number of H-pyrrole nitrogens is 1. The van der Waals surface area contributed by atoms with Gasteiger partial charge in [-0.2, -0.15) is 5.26 Å². The molecule has 0 unspecified atom stereocenters. The second-order valence-corrected chi connectivity index (χ2v) is 6.95. The highest BCUT2D eigenvalue weighted by Gasteiger charge is 2.15.